The maximum absolute atomic E-state index is 11.8. The number of esters is 1. The van der Waals surface area contributed by atoms with Gasteiger partial charge in [-0.1, -0.05) is 0 Å². The van der Waals surface area contributed by atoms with E-state index in [2.05, 4.69) is 15.3 Å². The fraction of sp³-hybridized carbons (Fsp3) is 0.667. The van der Waals surface area contributed by atoms with Gasteiger partial charge >= 0.3 is 5.97 Å². The molecule has 7 heteroatoms. The summed E-state index contributed by atoms with van der Waals surface area (Å²) >= 11 is 1.62. The van der Waals surface area contributed by atoms with Gasteiger partial charge in [-0.05, 0) is 34.6 Å². The minimum atomic E-state index is -0.491. The smallest absolute Gasteiger partial charge is 0.328 e. The number of thiazole rings is 1. The molecule has 0 aliphatic rings. The Morgan fingerprint density at radius 2 is 2.18 bits per heavy atom. The van der Waals surface area contributed by atoms with Crippen LogP contribution in [-0.4, -0.2) is 47.6 Å². The lowest BCUT2D eigenvalue weighted by Gasteiger charge is -2.22. The molecule has 0 unspecified atom stereocenters. The number of ether oxygens (including phenoxy) is 1. The zero-order valence-electron chi connectivity index (χ0n) is 14.3. The van der Waals surface area contributed by atoms with Crippen LogP contribution in [0, 0.1) is 6.92 Å². The Labute approximate surface area is 136 Å². The Hall–Kier alpha value is -1.63. The molecular formula is C15H26N4O2S. The molecule has 0 saturated heterocycles. The minimum Gasteiger partial charge on any atom is -0.459 e. The van der Waals surface area contributed by atoms with Crippen LogP contribution in [0.1, 0.15) is 38.4 Å². The van der Waals surface area contributed by atoms with Crippen LogP contribution < -0.4 is 5.32 Å². The van der Waals surface area contributed by atoms with Crippen molar-refractivity contribution < 1.29 is 9.53 Å². The molecule has 1 aromatic heterocycles. The summed E-state index contributed by atoms with van der Waals surface area (Å²) in [6, 6.07) is 0. The number of carbonyl (C=O) groups is 1. The third-order valence-corrected chi connectivity index (χ3v) is 3.36. The topological polar surface area (TPSA) is 66.8 Å². The molecule has 0 aromatic carbocycles. The van der Waals surface area contributed by atoms with E-state index in [1.165, 1.54) is 0 Å². The van der Waals surface area contributed by atoms with Crippen molar-refractivity contribution in [3.05, 3.63) is 16.1 Å². The van der Waals surface area contributed by atoms with Crippen molar-refractivity contribution in [2.24, 2.45) is 4.99 Å². The van der Waals surface area contributed by atoms with Crippen molar-refractivity contribution in [2.75, 3.05) is 20.1 Å². The Balaban J connectivity index is 2.66. The number of nitrogens with zero attached hydrogens (tertiary/aromatic N) is 3. The summed E-state index contributed by atoms with van der Waals surface area (Å²) in [5.41, 5.74) is 0.502. The predicted octanol–water partition coefficient (Wildman–Crippen LogP) is 2.19. The summed E-state index contributed by atoms with van der Waals surface area (Å²) in [6.45, 7) is 10.9. The van der Waals surface area contributed by atoms with Crippen LogP contribution in [0.2, 0.25) is 0 Å². The fourth-order valence-electron chi connectivity index (χ4n) is 1.78. The van der Waals surface area contributed by atoms with E-state index in [-0.39, 0.29) is 12.5 Å². The number of aliphatic imine (C=N–C) groups is 1. The standard InChI is InChI=1S/C15H26N4O2S/c1-7-16-14(17-8-13(20)21-15(3,4)5)19(6)9-12-10-22-11(2)18-12/h10H,7-9H2,1-6H3,(H,16,17). The number of hydrogen-bond acceptors (Lipinski definition) is 5. The normalized spacial score (nSPS) is 12.2. The lowest BCUT2D eigenvalue weighted by Crippen LogP contribution is -2.39. The Kier molecular flexibility index (Phi) is 6.80. The van der Waals surface area contributed by atoms with Crippen LogP contribution in [-0.2, 0) is 16.1 Å². The molecule has 1 rings (SSSR count). The fourth-order valence-corrected chi connectivity index (χ4v) is 2.39. The second-order valence-electron chi connectivity index (χ2n) is 5.97. The maximum Gasteiger partial charge on any atom is 0.328 e. The first-order valence-corrected chi connectivity index (χ1v) is 8.21. The summed E-state index contributed by atoms with van der Waals surface area (Å²) in [5.74, 6) is 0.333. The van der Waals surface area contributed by atoms with E-state index < -0.39 is 5.60 Å². The molecule has 6 nitrogen and oxygen atoms in total. The molecule has 1 N–H and O–H groups in total. The molecule has 22 heavy (non-hydrogen) atoms. The van der Waals surface area contributed by atoms with Crippen molar-refractivity contribution in [3.63, 3.8) is 0 Å². The first kappa shape index (κ1) is 18.4. The third-order valence-electron chi connectivity index (χ3n) is 2.54. The zero-order chi connectivity index (χ0) is 16.8. The van der Waals surface area contributed by atoms with E-state index in [0.717, 1.165) is 17.2 Å². The van der Waals surface area contributed by atoms with Crippen molar-refractivity contribution in [3.8, 4) is 0 Å². The SMILES string of the molecule is CCNC(=NCC(=O)OC(C)(C)C)N(C)Cc1csc(C)n1. The Bertz CT molecular complexity index is 520. The molecule has 124 valence electrons. The number of rotatable bonds is 5. The lowest BCUT2D eigenvalue weighted by molar-refractivity contribution is -0.152. The van der Waals surface area contributed by atoms with Crippen molar-refractivity contribution >= 4 is 23.3 Å². The Morgan fingerprint density at radius 3 is 2.68 bits per heavy atom. The molecule has 0 bridgehead atoms. The highest BCUT2D eigenvalue weighted by molar-refractivity contribution is 7.09. The lowest BCUT2D eigenvalue weighted by atomic mass is 10.2. The first-order chi connectivity index (χ1) is 10.2. The number of aromatic nitrogens is 1. The van der Waals surface area contributed by atoms with Gasteiger partial charge in [-0.2, -0.15) is 0 Å². The average Bonchev–Trinajstić information content (AvgIpc) is 2.77. The highest BCUT2D eigenvalue weighted by atomic mass is 32.1. The van der Waals surface area contributed by atoms with E-state index in [9.17, 15) is 4.79 Å². The predicted molar refractivity (Wildman–Crippen MR) is 90.1 cm³/mol. The molecule has 1 aromatic rings. The minimum absolute atomic E-state index is 0.0000363. The van der Waals surface area contributed by atoms with Crippen molar-refractivity contribution in [1.29, 1.82) is 0 Å². The van der Waals surface area contributed by atoms with E-state index in [4.69, 9.17) is 4.74 Å². The summed E-state index contributed by atoms with van der Waals surface area (Å²) in [4.78, 5) is 22.5. The number of carbonyl (C=O) groups excluding carboxylic acids is 1. The van der Waals surface area contributed by atoms with Gasteiger partial charge in [0.25, 0.3) is 0 Å². The van der Waals surface area contributed by atoms with E-state index >= 15 is 0 Å². The van der Waals surface area contributed by atoms with E-state index in [0.29, 0.717) is 12.5 Å². The van der Waals surface area contributed by atoms with Gasteiger partial charge < -0.3 is 15.0 Å². The van der Waals surface area contributed by atoms with E-state index in [1.807, 2.05) is 51.9 Å². The van der Waals surface area contributed by atoms with Crippen LogP contribution >= 0.6 is 11.3 Å². The van der Waals surface area contributed by atoms with Crippen LogP contribution in [0.25, 0.3) is 0 Å². The summed E-state index contributed by atoms with van der Waals surface area (Å²) in [7, 11) is 1.92. The molecule has 0 fully saturated rings. The van der Waals surface area contributed by atoms with Gasteiger partial charge in [-0.25, -0.2) is 9.98 Å². The second kappa shape index (κ2) is 8.12. The van der Waals surface area contributed by atoms with Crippen LogP contribution in [0.3, 0.4) is 0 Å². The largest absolute Gasteiger partial charge is 0.459 e. The monoisotopic (exact) mass is 326 g/mol. The molecule has 0 spiro atoms. The van der Waals surface area contributed by atoms with E-state index in [1.54, 1.807) is 11.3 Å². The van der Waals surface area contributed by atoms with Gasteiger partial charge in [0.2, 0.25) is 0 Å². The summed E-state index contributed by atoms with van der Waals surface area (Å²) in [6.07, 6.45) is 0. The van der Waals surface area contributed by atoms with Crippen LogP contribution in [0.15, 0.2) is 10.4 Å². The highest BCUT2D eigenvalue weighted by Gasteiger charge is 2.16. The van der Waals surface area contributed by atoms with Gasteiger partial charge in [0.15, 0.2) is 5.96 Å². The van der Waals surface area contributed by atoms with Gasteiger partial charge in [0, 0.05) is 19.0 Å². The third kappa shape index (κ3) is 6.89. The second-order valence-corrected chi connectivity index (χ2v) is 7.03. The zero-order valence-corrected chi connectivity index (χ0v) is 15.1. The summed E-state index contributed by atoms with van der Waals surface area (Å²) < 4.78 is 5.26. The van der Waals surface area contributed by atoms with Gasteiger partial charge in [-0.3, -0.25) is 4.79 Å². The molecule has 0 saturated carbocycles. The van der Waals surface area contributed by atoms with Gasteiger partial charge in [0.1, 0.15) is 12.1 Å². The van der Waals surface area contributed by atoms with Crippen molar-refractivity contribution in [1.82, 2.24) is 15.2 Å². The molecule has 0 radical (unpaired) electrons. The molecule has 0 aliphatic carbocycles. The molecule has 1 heterocycles. The van der Waals surface area contributed by atoms with Crippen LogP contribution in [0.4, 0.5) is 0 Å². The van der Waals surface area contributed by atoms with Gasteiger partial charge in [0.05, 0.1) is 17.2 Å². The maximum atomic E-state index is 11.8. The Morgan fingerprint density at radius 1 is 1.50 bits per heavy atom. The van der Waals surface area contributed by atoms with Crippen molar-refractivity contribution in [2.45, 2.75) is 46.8 Å². The molecular weight excluding hydrogens is 300 g/mol. The first-order valence-electron chi connectivity index (χ1n) is 7.33. The number of aryl methyl sites for hydroxylation is 1. The summed E-state index contributed by atoms with van der Waals surface area (Å²) in [5, 5.41) is 6.24. The molecule has 0 atom stereocenters. The van der Waals surface area contributed by atoms with Gasteiger partial charge in [-0.15, -0.1) is 11.3 Å². The quantitative estimate of drug-likeness (QED) is 0.510. The average molecular weight is 326 g/mol. The number of guanidine groups is 1. The highest BCUT2D eigenvalue weighted by Crippen LogP contribution is 2.10. The number of nitrogens with one attached hydrogen (secondary N) is 1. The molecule has 0 aliphatic heterocycles. The number of hydrogen-bond donors (Lipinski definition) is 1. The molecule has 0 amide bonds. The van der Waals surface area contributed by atoms with Crippen LogP contribution in [0.5, 0.6) is 0 Å².